The molecule has 0 radical (unpaired) electrons. The van der Waals surface area contributed by atoms with Crippen molar-refractivity contribution in [3.05, 3.63) is 59.9 Å². The summed E-state index contributed by atoms with van der Waals surface area (Å²) in [5, 5.41) is 0. The van der Waals surface area contributed by atoms with E-state index in [2.05, 4.69) is 0 Å². The average molecular weight is 356 g/mol. The third kappa shape index (κ3) is 3.54. The summed E-state index contributed by atoms with van der Waals surface area (Å²) in [5.74, 6) is -0.221. The van der Waals surface area contributed by atoms with Gasteiger partial charge in [-0.1, -0.05) is 6.07 Å². The van der Waals surface area contributed by atoms with Gasteiger partial charge in [0, 0.05) is 24.3 Å². The summed E-state index contributed by atoms with van der Waals surface area (Å²) < 4.78 is 18.8. The molecule has 1 saturated heterocycles. The number of anilines is 1. The second kappa shape index (κ2) is 7.56. The maximum atomic E-state index is 13.4. The molecule has 2 aromatic carbocycles. The maximum Gasteiger partial charge on any atom is 0.254 e. The first-order chi connectivity index (χ1) is 12.5. The Kier molecular flexibility index (Phi) is 5.21. The molecule has 0 unspecified atom stereocenters. The Morgan fingerprint density at radius 2 is 1.92 bits per heavy atom. The number of carbonyl (C=O) groups is 2. The molecule has 0 aromatic heterocycles. The topological polar surface area (TPSA) is 49.9 Å². The monoisotopic (exact) mass is 356 g/mol. The van der Waals surface area contributed by atoms with Gasteiger partial charge in [0.1, 0.15) is 17.6 Å². The molecule has 2 aromatic rings. The van der Waals surface area contributed by atoms with Crippen LogP contribution >= 0.6 is 0 Å². The summed E-state index contributed by atoms with van der Waals surface area (Å²) in [6, 6.07) is 12.2. The van der Waals surface area contributed by atoms with Gasteiger partial charge in [-0.2, -0.15) is 0 Å². The van der Waals surface area contributed by atoms with Crippen LogP contribution in [0.3, 0.4) is 0 Å². The predicted octanol–water partition coefficient (Wildman–Crippen LogP) is 3.10. The molecule has 136 valence electrons. The Labute approximate surface area is 152 Å². The van der Waals surface area contributed by atoms with Crippen LogP contribution in [0.15, 0.2) is 48.5 Å². The largest absolute Gasteiger partial charge is 0.494 e. The molecule has 2 amide bonds. The van der Waals surface area contributed by atoms with Crippen LogP contribution in [0.25, 0.3) is 0 Å². The number of ether oxygens (including phenoxy) is 1. The van der Waals surface area contributed by atoms with Gasteiger partial charge >= 0.3 is 0 Å². The van der Waals surface area contributed by atoms with E-state index in [-0.39, 0.29) is 17.4 Å². The van der Waals surface area contributed by atoms with Gasteiger partial charge in [0.25, 0.3) is 5.91 Å². The molecule has 0 spiro atoms. The molecular formula is C20H21FN2O3. The highest BCUT2D eigenvalue weighted by molar-refractivity contribution is 6.03. The molecule has 6 heteroatoms. The summed E-state index contributed by atoms with van der Waals surface area (Å²) in [5.41, 5.74) is 1.02. The van der Waals surface area contributed by atoms with E-state index in [0.29, 0.717) is 19.7 Å². The van der Waals surface area contributed by atoms with Gasteiger partial charge < -0.3 is 14.5 Å². The predicted molar refractivity (Wildman–Crippen MR) is 96.9 cm³/mol. The summed E-state index contributed by atoms with van der Waals surface area (Å²) in [7, 11) is 0. The molecule has 0 bridgehead atoms. The van der Waals surface area contributed by atoms with E-state index >= 15 is 0 Å². The molecule has 5 nitrogen and oxygen atoms in total. The van der Waals surface area contributed by atoms with Crippen LogP contribution in [0.1, 0.15) is 24.2 Å². The summed E-state index contributed by atoms with van der Waals surface area (Å²) >= 11 is 0. The molecule has 3 rings (SSSR count). The Morgan fingerprint density at radius 1 is 1.19 bits per heavy atom. The molecule has 0 N–H and O–H groups in total. The van der Waals surface area contributed by atoms with E-state index in [1.54, 1.807) is 17.9 Å². The number of rotatable bonds is 4. The fourth-order valence-corrected chi connectivity index (χ4v) is 3.08. The summed E-state index contributed by atoms with van der Waals surface area (Å²) in [6.45, 7) is 4.96. The van der Waals surface area contributed by atoms with Gasteiger partial charge in [0.15, 0.2) is 0 Å². The first-order valence-electron chi connectivity index (χ1n) is 8.62. The SMILES string of the molecule is CCOc1ccc(N2CCN(C(=O)c3cccc(F)c3)[C@@H](C)C2=O)cc1. The number of carbonyl (C=O) groups excluding carboxylic acids is 2. The number of benzene rings is 2. The zero-order valence-corrected chi connectivity index (χ0v) is 14.8. The Balaban J connectivity index is 1.75. The zero-order valence-electron chi connectivity index (χ0n) is 14.8. The highest BCUT2D eigenvalue weighted by atomic mass is 19.1. The highest BCUT2D eigenvalue weighted by Crippen LogP contribution is 2.24. The van der Waals surface area contributed by atoms with Gasteiger partial charge in [-0.05, 0) is 56.3 Å². The minimum Gasteiger partial charge on any atom is -0.494 e. The average Bonchev–Trinajstić information content (AvgIpc) is 2.64. The highest BCUT2D eigenvalue weighted by Gasteiger charge is 2.35. The van der Waals surface area contributed by atoms with Crippen molar-refractivity contribution in [3.8, 4) is 5.75 Å². The molecule has 26 heavy (non-hydrogen) atoms. The maximum absolute atomic E-state index is 13.4. The molecule has 1 heterocycles. The summed E-state index contributed by atoms with van der Waals surface area (Å²) in [6.07, 6.45) is 0. The lowest BCUT2D eigenvalue weighted by Crippen LogP contribution is -2.57. The van der Waals surface area contributed by atoms with Crippen molar-refractivity contribution in [1.82, 2.24) is 4.90 Å². The number of nitrogens with zero attached hydrogens (tertiary/aromatic N) is 2. The van der Waals surface area contributed by atoms with E-state index < -0.39 is 11.9 Å². The van der Waals surface area contributed by atoms with E-state index in [4.69, 9.17) is 4.74 Å². The molecule has 1 aliphatic heterocycles. The van der Waals surface area contributed by atoms with Crippen molar-refractivity contribution in [2.24, 2.45) is 0 Å². The van der Waals surface area contributed by atoms with Crippen LogP contribution in [-0.2, 0) is 4.79 Å². The molecular weight excluding hydrogens is 335 g/mol. The van der Waals surface area contributed by atoms with E-state index in [1.165, 1.54) is 23.1 Å². The van der Waals surface area contributed by atoms with Gasteiger partial charge in [0.05, 0.1) is 6.61 Å². The molecule has 0 aliphatic carbocycles. The van der Waals surface area contributed by atoms with Gasteiger partial charge in [-0.25, -0.2) is 4.39 Å². The van der Waals surface area contributed by atoms with Crippen molar-refractivity contribution in [2.45, 2.75) is 19.9 Å². The van der Waals surface area contributed by atoms with E-state index in [0.717, 1.165) is 11.4 Å². The molecule has 1 fully saturated rings. The normalized spacial score (nSPS) is 17.3. The number of hydrogen-bond acceptors (Lipinski definition) is 3. The fraction of sp³-hybridized carbons (Fsp3) is 0.300. The Bertz CT molecular complexity index is 807. The molecule has 1 atom stereocenters. The van der Waals surface area contributed by atoms with Crippen LogP contribution in [0.5, 0.6) is 5.75 Å². The first-order valence-corrected chi connectivity index (χ1v) is 8.62. The first kappa shape index (κ1) is 17.9. The van der Waals surface area contributed by atoms with Crippen molar-refractivity contribution in [1.29, 1.82) is 0 Å². The number of amides is 2. The lowest BCUT2D eigenvalue weighted by Gasteiger charge is -2.39. The third-order valence-electron chi connectivity index (χ3n) is 4.45. The van der Waals surface area contributed by atoms with E-state index in [1.807, 2.05) is 31.2 Å². The number of piperazine rings is 1. The third-order valence-corrected chi connectivity index (χ3v) is 4.45. The van der Waals surface area contributed by atoms with Crippen LogP contribution in [0.4, 0.5) is 10.1 Å². The zero-order chi connectivity index (χ0) is 18.7. The smallest absolute Gasteiger partial charge is 0.254 e. The molecule has 1 aliphatic rings. The minimum absolute atomic E-state index is 0.162. The van der Waals surface area contributed by atoms with Crippen molar-refractivity contribution in [2.75, 3.05) is 24.6 Å². The second-order valence-electron chi connectivity index (χ2n) is 6.10. The lowest BCUT2D eigenvalue weighted by molar-refractivity contribution is -0.124. The van der Waals surface area contributed by atoms with Crippen LogP contribution in [0, 0.1) is 5.82 Å². The standard InChI is InChI=1S/C20H21FN2O3/c1-3-26-18-9-7-17(8-10-18)23-12-11-22(14(2)19(23)24)20(25)15-5-4-6-16(21)13-15/h4-10,13-14H,3,11-12H2,1-2H3/t14-/m0/s1. The van der Waals surface area contributed by atoms with Crippen molar-refractivity contribution in [3.63, 3.8) is 0 Å². The number of halogens is 1. The van der Waals surface area contributed by atoms with Gasteiger partial charge in [-0.15, -0.1) is 0 Å². The number of hydrogen-bond donors (Lipinski definition) is 0. The molecule has 0 saturated carbocycles. The van der Waals surface area contributed by atoms with Crippen LogP contribution in [-0.4, -0.2) is 42.5 Å². The van der Waals surface area contributed by atoms with E-state index in [9.17, 15) is 14.0 Å². The Morgan fingerprint density at radius 3 is 2.58 bits per heavy atom. The fourth-order valence-electron chi connectivity index (χ4n) is 3.08. The quantitative estimate of drug-likeness (QED) is 0.846. The van der Waals surface area contributed by atoms with Crippen molar-refractivity contribution < 1.29 is 18.7 Å². The van der Waals surface area contributed by atoms with Gasteiger partial charge in [-0.3, -0.25) is 9.59 Å². The van der Waals surface area contributed by atoms with Gasteiger partial charge in [0.2, 0.25) is 5.91 Å². The Hall–Kier alpha value is -2.89. The lowest BCUT2D eigenvalue weighted by atomic mass is 10.1. The minimum atomic E-state index is -0.619. The summed E-state index contributed by atoms with van der Waals surface area (Å²) in [4.78, 5) is 28.6. The van der Waals surface area contributed by atoms with Crippen molar-refractivity contribution >= 4 is 17.5 Å². The van der Waals surface area contributed by atoms with Crippen LogP contribution < -0.4 is 9.64 Å². The van der Waals surface area contributed by atoms with Crippen LogP contribution in [0.2, 0.25) is 0 Å². The second-order valence-corrected chi connectivity index (χ2v) is 6.10.